The zero-order valence-electron chi connectivity index (χ0n) is 13.4. The summed E-state index contributed by atoms with van der Waals surface area (Å²) < 4.78 is 0. The molecule has 1 aromatic rings. The van der Waals surface area contributed by atoms with Crippen LogP contribution >= 0.6 is 0 Å². The minimum absolute atomic E-state index is 0.0114. The SMILES string of the molecule is CC1(N)CCCCC1C(=O)N1CCN(c2ccccn2)CC1. The first-order valence-corrected chi connectivity index (χ1v) is 8.31. The third-order valence-electron chi connectivity index (χ3n) is 5.12. The fourth-order valence-electron chi connectivity index (χ4n) is 3.68. The van der Waals surface area contributed by atoms with E-state index in [1.54, 1.807) is 0 Å². The predicted molar refractivity (Wildman–Crippen MR) is 87.6 cm³/mol. The van der Waals surface area contributed by atoms with Crippen molar-refractivity contribution in [3.63, 3.8) is 0 Å². The lowest BCUT2D eigenvalue weighted by Crippen LogP contribution is -2.57. The van der Waals surface area contributed by atoms with Gasteiger partial charge in [0.1, 0.15) is 5.82 Å². The van der Waals surface area contributed by atoms with Crippen LogP contribution in [0.1, 0.15) is 32.6 Å². The van der Waals surface area contributed by atoms with E-state index in [1.807, 2.05) is 36.2 Å². The Balaban J connectivity index is 1.60. The standard InChI is InChI=1S/C17H26N4O/c1-17(18)8-4-2-6-14(17)16(22)21-12-10-20(11-13-21)15-7-3-5-9-19-15/h3,5,7,9,14H,2,4,6,8,10-13,18H2,1H3. The topological polar surface area (TPSA) is 62.5 Å². The molecule has 22 heavy (non-hydrogen) atoms. The maximum Gasteiger partial charge on any atom is 0.227 e. The fourth-order valence-corrected chi connectivity index (χ4v) is 3.68. The Morgan fingerprint density at radius 3 is 2.68 bits per heavy atom. The third kappa shape index (κ3) is 3.09. The number of nitrogens with zero attached hydrogens (tertiary/aromatic N) is 3. The molecule has 0 radical (unpaired) electrons. The summed E-state index contributed by atoms with van der Waals surface area (Å²) in [5, 5.41) is 0. The molecule has 120 valence electrons. The van der Waals surface area contributed by atoms with Crippen LogP contribution in [0.2, 0.25) is 0 Å². The average molecular weight is 302 g/mol. The lowest BCUT2D eigenvalue weighted by Gasteiger charge is -2.42. The van der Waals surface area contributed by atoms with Crippen molar-refractivity contribution >= 4 is 11.7 Å². The molecule has 2 unspecified atom stereocenters. The van der Waals surface area contributed by atoms with E-state index in [0.717, 1.165) is 57.7 Å². The second-order valence-corrected chi connectivity index (χ2v) is 6.80. The average Bonchev–Trinajstić information content (AvgIpc) is 2.55. The van der Waals surface area contributed by atoms with E-state index in [1.165, 1.54) is 0 Å². The largest absolute Gasteiger partial charge is 0.353 e. The van der Waals surface area contributed by atoms with Crippen LogP contribution in [0.4, 0.5) is 5.82 Å². The van der Waals surface area contributed by atoms with Gasteiger partial charge >= 0.3 is 0 Å². The monoisotopic (exact) mass is 302 g/mol. The van der Waals surface area contributed by atoms with Gasteiger partial charge in [-0.2, -0.15) is 0 Å². The van der Waals surface area contributed by atoms with Crippen LogP contribution in [-0.4, -0.2) is 47.5 Å². The Morgan fingerprint density at radius 1 is 1.27 bits per heavy atom. The number of nitrogens with two attached hydrogens (primary N) is 1. The van der Waals surface area contributed by atoms with Crippen molar-refractivity contribution in [2.45, 2.75) is 38.1 Å². The van der Waals surface area contributed by atoms with E-state index >= 15 is 0 Å². The van der Waals surface area contributed by atoms with Gasteiger partial charge in [-0.25, -0.2) is 4.98 Å². The highest BCUT2D eigenvalue weighted by molar-refractivity contribution is 5.80. The molecule has 5 heteroatoms. The molecule has 2 atom stereocenters. The molecule has 2 aliphatic rings. The Labute approximate surface area is 132 Å². The summed E-state index contributed by atoms with van der Waals surface area (Å²) >= 11 is 0. The number of aromatic nitrogens is 1. The van der Waals surface area contributed by atoms with Crippen molar-refractivity contribution < 1.29 is 4.79 Å². The zero-order valence-corrected chi connectivity index (χ0v) is 13.4. The van der Waals surface area contributed by atoms with Crippen LogP contribution in [0.3, 0.4) is 0 Å². The Morgan fingerprint density at radius 2 is 2.05 bits per heavy atom. The van der Waals surface area contributed by atoms with Gasteiger partial charge in [-0.15, -0.1) is 0 Å². The lowest BCUT2D eigenvalue weighted by molar-refractivity contribution is -0.139. The van der Waals surface area contributed by atoms with Crippen LogP contribution in [-0.2, 0) is 4.79 Å². The molecule has 3 rings (SSSR count). The molecule has 1 aliphatic heterocycles. The lowest BCUT2D eigenvalue weighted by atomic mass is 9.74. The number of hydrogen-bond donors (Lipinski definition) is 1. The number of rotatable bonds is 2. The summed E-state index contributed by atoms with van der Waals surface area (Å²) in [7, 11) is 0. The first-order chi connectivity index (χ1) is 10.6. The molecule has 0 spiro atoms. The number of amides is 1. The normalized spacial score (nSPS) is 29.5. The summed E-state index contributed by atoms with van der Waals surface area (Å²) in [6.07, 6.45) is 5.97. The highest BCUT2D eigenvalue weighted by Gasteiger charge is 2.40. The van der Waals surface area contributed by atoms with Crippen molar-refractivity contribution in [3.8, 4) is 0 Å². The van der Waals surface area contributed by atoms with Crippen LogP contribution in [0.15, 0.2) is 24.4 Å². The molecule has 2 fully saturated rings. The summed E-state index contributed by atoms with van der Waals surface area (Å²) in [5.41, 5.74) is 6.04. The number of pyridine rings is 1. The zero-order chi connectivity index (χ0) is 15.6. The van der Waals surface area contributed by atoms with Crippen LogP contribution in [0.5, 0.6) is 0 Å². The van der Waals surface area contributed by atoms with Gasteiger partial charge in [0.2, 0.25) is 5.91 Å². The number of carbonyl (C=O) groups is 1. The summed E-state index contributed by atoms with van der Waals surface area (Å²) in [4.78, 5) is 21.5. The molecule has 0 bridgehead atoms. The van der Waals surface area contributed by atoms with E-state index in [9.17, 15) is 4.79 Å². The van der Waals surface area contributed by atoms with Crippen molar-refractivity contribution in [1.29, 1.82) is 0 Å². The minimum Gasteiger partial charge on any atom is -0.353 e. The summed E-state index contributed by atoms with van der Waals surface area (Å²) in [5.74, 6) is 1.24. The number of piperazine rings is 1. The Bertz CT molecular complexity index is 509. The Hall–Kier alpha value is -1.62. The van der Waals surface area contributed by atoms with Gasteiger partial charge in [0.15, 0.2) is 0 Å². The molecule has 5 nitrogen and oxygen atoms in total. The minimum atomic E-state index is -0.340. The highest BCUT2D eigenvalue weighted by atomic mass is 16.2. The second-order valence-electron chi connectivity index (χ2n) is 6.80. The van der Waals surface area contributed by atoms with Gasteiger partial charge < -0.3 is 15.5 Å². The number of carbonyl (C=O) groups excluding carboxylic acids is 1. The van der Waals surface area contributed by atoms with Gasteiger partial charge in [-0.1, -0.05) is 18.9 Å². The second kappa shape index (κ2) is 6.24. The van der Waals surface area contributed by atoms with E-state index < -0.39 is 0 Å². The van der Waals surface area contributed by atoms with E-state index in [4.69, 9.17) is 5.73 Å². The molecule has 1 aliphatic carbocycles. The van der Waals surface area contributed by atoms with E-state index in [0.29, 0.717) is 0 Å². The van der Waals surface area contributed by atoms with Crippen molar-refractivity contribution in [3.05, 3.63) is 24.4 Å². The summed E-state index contributed by atoms with van der Waals surface area (Å²) in [6, 6.07) is 5.95. The van der Waals surface area contributed by atoms with Crippen molar-refractivity contribution in [2.24, 2.45) is 11.7 Å². The maximum atomic E-state index is 12.8. The van der Waals surface area contributed by atoms with Gasteiger partial charge in [0.05, 0.1) is 5.92 Å². The molecular formula is C17H26N4O. The molecule has 0 aromatic carbocycles. The number of anilines is 1. The van der Waals surface area contributed by atoms with Crippen LogP contribution in [0.25, 0.3) is 0 Å². The fraction of sp³-hybridized carbons (Fsp3) is 0.647. The summed E-state index contributed by atoms with van der Waals surface area (Å²) in [6.45, 7) is 5.26. The predicted octanol–water partition coefficient (Wildman–Crippen LogP) is 1.64. The molecule has 1 saturated carbocycles. The Kier molecular flexibility index (Phi) is 4.34. The quantitative estimate of drug-likeness (QED) is 0.902. The van der Waals surface area contributed by atoms with Gasteiger partial charge in [0, 0.05) is 37.9 Å². The van der Waals surface area contributed by atoms with Gasteiger partial charge in [0.25, 0.3) is 0 Å². The molecular weight excluding hydrogens is 276 g/mol. The molecule has 1 aromatic heterocycles. The van der Waals surface area contributed by atoms with Crippen LogP contribution in [0, 0.1) is 5.92 Å². The van der Waals surface area contributed by atoms with E-state index in [2.05, 4.69) is 9.88 Å². The molecule has 2 N–H and O–H groups in total. The molecule has 2 heterocycles. The van der Waals surface area contributed by atoms with Gasteiger partial charge in [-0.3, -0.25) is 4.79 Å². The third-order valence-corrected chi connectivity index (χ3v) is 5.12. The molecule has 1 saturated heterocycles. The van der Waals surface area contributed by atoms with Crippen molar-refractivity contribution in [1.82, 2.24) is 9.88 Å². The van der Waals surface area contributed by atoms with Crippen LogP contribution < -0.4 is 10.6 Å². The smallest absolute Gasteiger partial charge is 0.227 e. The first-order valence-electron chi connectivity index (χ1n) is 8.31. The van der Waals surface area contributed by atoms with Gasteiger partial charge in [-0.05, 0) is 31.9 Å². The maximum absolute atomic E-state index is 12.8. The first kappa shape index (κ1) is 15.3. The number of hydrogen-bond acceptors (Lipinski definition) is 4. The van der Waals surface area contributed by atoms with E-state index in [-0.39, 0.29) is 17.4 Å². The highest BCUT2D eigenvalue weighted by Crippen LogP contribution is 2.33. The molecule has 1 amide bonds. The van der Waals surface area contributed by atoms with Crippen molar-refractivity contribution in [2.75, 3.05) is 31.1 Å².